The third-order valence-electron chi connectivity index (χ3n) is 7.43. The summed E-state index contributed by atoms with van der Waals surface area (Å²) in [5, 5.41) is 0. The van der Waals surface area contributed by atoms with Crippen LogP contribution in [0.1, 0.15) is 56.3 Å². The van der Waals surface area contributed by atoms with Gasteiger partial charge in [0, 0.05) is 31.5 Å². The van der Waals surface area contributed by atoms with E-state index in [1.54, 1.807) is 19.1 Å². The number of benzene rings is 3. The van der Waals surface area contributed by atoms with Crippen LogP contribution in [-0.4, -0.2) is 42.8 Å². The van der Waals surface area contributed by atoms with Crippen molar-refractivity contribution >= 4 is 22.6 Å². The topological polar surface area (TPSA) is 65.8 Å². The molecule has 0 radical (unpaired) electrons. The second-order valence-corrected chi connectivity index (χ2v) is 10.3. The second kappa shape index (κ2) is 11.8. The highest BCUT2D eigenvalue weighted by molar-refractivity contribution is 5.98. The molecular formula is C32H37N3O4. The maximum atomic E-state index is 13.2. The lowest BCUT2D eigenvalue weighted by Crippen LogP contribution is -2.25. The van der Waals surface area contributed by atoms with Crippen LogP contribution in [0.15, 0.2) is 66.7 Å². The van der Waals surface area contributed by atoms with Crippen molar-refractivity contribution in [1.29, 1.82) is 0 Å². The Morgan fingerprint density at radius 1 is 0.949 bits per heavy atom. The number of methoxy groups -OCH3 is 2. The molecule has 0 N–H and O–H groups in total. The summed E-state index contributed by atoms with van der Waals surface area (Å²) in [6.45, 7) is 6.40. The SMILES string of the molecule is COc1ccc(OC)c(N2CC(c3nc4ccccc4n3CCCCOc3ccccc3C(C)C)CC2=O)c1. The maximum absolute atomic E-state index is 13.2. The minimum Gasteiger partial charge on any atom is -0.497 e. The molecule has 204 valence electrons. The van der Waals surface area contributed by atoms with Gasteiger partial charge in [-0.05, 0) is 54.7 Å². The first-order valence-corrected chi connectivity index (χ1v) is 13.7. The molecule has 0 spiro atoms. The summed E-state index contributed by atoms with van der Waals surface area (Å²) in [4.78, 5) is 20.0. The number of carbonyl (C=O) groups excluding carboxylic acids is 1. The highest BCUT2D eigenvalue weighted by atomic mass is 16.5. The Morgan fingerprint density at radius 2 is 1.74 bits per heavy atom. The second-order valence-electron chi connectivity index (χ2n) is 10.3. The minimum atomic E-state index is -0.0185. The zero-order valence-corrected chi connectivity index (χ0v) is 23.2. The van der Waals surface area contributed by atoms with Crippen molar-refractivity contribution in [2.45, 2.75) is 51.5 Å². The van der Waals surface area contributed by atoms with Crippen LogP contribution in [0.5, 0.6) is 17.2 Å². The van der Waals surface area contributed by atoms with Gasteiger partial charge in [-0.1, -0.05) is 44.2 Å². The Balaban J connectivity index is 1.31. The number of fused-ring (bicyclic) bond motifs is 1. The summed E-state index contributed by atoms with van der Waals surface area (Å²) in [6, 6.07) is 22.0. The predicted octanol–water partition coefficient (Wildman–Crippen LogP) is 6.56. The first-order valence-electron chi connectivity index (χ1n) is 13.7. The lowest BCUT2D eigenvalue weighted by Gasteiger charge is -2.20. The zero-order chi connectivity index (χ0) is 27.4. The van der Waals surface area contributed by atoms with Gasteiger partial charge in [0.2, 0.25) is 5.91 Å². The molecule has 5 rings (SSSR count). The van der Waals surface area contributed by atoms with Gasteiger partial charge >= 0.3 is 0 Å². The maximum Gasteiger partial charge on any atom is 0.227 e. The molecule has 4 aromatic rings. The van der Waals surface area contributed by atoms with Crippen LogP contribution < -0.4 is 19.1 Å². The average molecular weight is 528 g/mol. The third-order valence-corrected chi connectivity index (χ3v) is 7.43. The number of rotatable bonds is 11. The van der Waals surface area contributed by atoms with Crippen molar-refractivity contribution in [2.24, 2.45) is 0 Å². The van der Waals surface area contributed by atoms with Crippen LogP contribution in [-0.2, 0) is 11.3 Å². The molecule has 1 unspecified atom stereocenters. The van der Waals surface area contributed by atoms with Gasteiger partial charge in [-0.15, -0.1) is 0 Å². The van der Waals surface area contributed by atoms with E-state index in [0.29, 0.717) is 37.0 Å². The molecular weight excluding hydrogens is 490 g/mol. The molecule has 1 atom stereocenters. The standard InChI is InChI=1S/C32H37N3O4/c1-22(2)25-11-5-8-14-29(25)39-18-10-9-17-34-27-13-7-6-12-26(27)33-32(34)23-19-31(36)35(21-23)28-20-24(37-3)15-16-30(28)38-4/h5-8,11-16,20,22-23H,9-10,17-19,21H2,1-4H3. The molecule has 1 aromatic heterocycles. The Morgan fingerprint density at radius 3 is 2.54 bits per heavy atom. The van der Waals surface area contributed by atoms with E-state index < -0.39 is 0 Å². The van der Waals surface area contributed by atoms with Crippen molar-refractivity contribution in [3.05, 3.63) is 78.1 Å². The number of aryl methyl sites for hydroxylation is 1. The fourth-order valence-electron chi connectivity index (χ4n) is 5.40. The fraction of sp³-hybridized carbons (Fsp3) is 0.375. The average Bonchev–Trinajstić information content (AvgIpc) is 3.52. The molecule has 1 aliphatic heterocycles. The van der Waals surface area contributed by atoms with Crippen LogP contribution in [0.2, 0.25) is 0 Å². The van der Waals surface area contributed by atoms with E-state index in [0.717, 1.165) is 47.7 Å². The monoisotopic (exact) mass is 527 g/mol. The van der Waals surface area contributed by atoms with Crippen LogP contribution >= 0.6 is 0 Å². The van der Waals surface area contributed by atoms with Gasteiger partial charge in [0.25, 0.3) is 0 Å². The van der Waals surface area contributed by atoms with Crippen molar-refractivity contribution < 1.29 is 19.0 Å². The Labute approximate surface area is 230 Å². The van der Waals surface area contributed by atoms with Crippen molar-refractivity contribution in [3.8, 4) is 17.2 Å². The molecule has 39 heavy (non-hydrogen) atoms. The largest absolute Gasteiger partial charge is 0.497 e. The number of hydrogen-bond donors (Lipinski definition) is 0. The minimum absolute atomic E-state index is 0.0185. The highest BCUT2D eigenvalue weighted by Crippen LogP contribution is 2.39. The Hall–Kier alpha value is -4.00. The number of unbranched alkanes of at least 4 members (excludes halogenated alkanes) is 1. The molecule has 0 saturated carbocycles. The van der Waals surface area contributed by atoms with Gasteiger partial charge in [0.05, 0.1) is 37.5 Å². The van der Waals surface area contributed by atoms with Crippen LogP contribution in [0, 0.1) is 0 Å². The smallest absolute Gasteiger partial charge is 0.227 e. The molecule has 1 aliphatic rings. The van der Waals surface area contributed by atoms with Gasteiger partial charge in [0.15, 0.2) is 0 Å². The van der Waals surface area contributed by atoms with E-state index in [1.807, 2.05) is 42.5 Å². The van der Waals surface area contributed by atoms with E-state index >= 15 is 0 Å². The number of ether oxygens (including phenoxy) is 3. The summed E-state index contributed by atoms with van der Waals surface area (Å²) in [7, 11) is 3.24. The summed E-state index contributed by atoms with van der Waals surface area (Å²) < 4.78 is 19.4. The molecule has 0 aliphatic carbocycles. The van der Waals surface area contributed by atoms with Gasteiger partial charge in [0.1, 0.15) is 23.1 Å². The third kappa shape index (κ3) is 5.58. The van der Waals surface area contributed by atoms with Crippen LogP contribution in [0.3, 0.4) is 0 Å². The van der Waals surface area contributed by atoms with E-state index in [4.69, 9.17) is 19.2 Å². The lowest BCUT2D eigenvalue weighted by molar-refractivity contribution is -0.117. The Bertz CT molecular complexity index is 1440. The number of amides is 1. The van der Waals surface area contributed by atoms with Crippen molar-refractivity contribution in [1.82, 2.24) is 9.55 Å². The van der Waals surface area contributed by atoms with Gasteiger partial charge in [-0.25, -0.2) is 4.98 Å². The fourth-order valence-corrected chi connectivity index (χ4v) is 5.40. The number of imidazole rings is 1. The summed E-state index contributed by atoms with van der Waals surface area (Å²) in [5.41, 5.74) is 4.03. The molecule has 2 heterocycles. The summed E-state index contributed by atoms with van der Waals surface area (Å²) in [6.07, 6.45) is 2.28. The molecule has 3 aromatic carbocycles. The summed E-state index contributed by atoms with van der Waals surface area (Å²) >= 11 is 0. The number of carbonyl (C=O) groups is 1. The number of aromatic nitrogens is 2. The van der Waals surface area contributed by atoms with E-state index in [-0.39, 0.29) is 11.8 Å². The van der Waals surface area contributed by atoms with E-state index in [1.165, 1.54) is 5.56 Å². The van der Waals surface area contributed by atoms with E-state index in [2.05, 4.69) is 42.7 Å². The van der Waals surface area contributed by atoms with Gasteiger partial charge in [-0.3, -0.25) is 4.79 Å². The van der Waals surface area contributed by atoms with Crippen molar-refractivity contribution in [2.75, 3.05) is 32.3 Å². The van der Waals surface area contributed by atoms with Crippen LogP contribution in [0.25, 0.3) is 11.0 Å². The van der Waals surface area contributed by atoms with Crippen molar-refractivity contribution in [3.63, 3.8) is 0 Å². The first kappa shape index (κ1) is 26.6. The number of hydrogen-bond acceptors (Lipinski definition) is 5. The number of para-hydroxylation sites is 3. The number of nitrogens with zero attached hydrogens (tertiary/aromatic N) is 3. The normalized spacial score (nSPS) is 15.4. The summed E-state index contributed by atoms with van der Waals surface area (Å²) in [5.74, 6) is 3.73. The quantitative estimate of drug-likeness (QED) is 0.207. The van der Waals surface area contributed by atoms with Gasteiger partial charge in [-0.2, -0.15) is 0 Å². The Kier molecular flexibility index (Phi) is 8.05. The van der Waals surface area contributed by atoms with E-state index in [9.17, 15) is 4.79 Å². The molecule has 7 nitrogen and oxygen atoms in total. The molecule has 1 fully saturated rings. The molecule has 0 bridgehead atoms. The molecule has 7 heteroatoms. The number of anilines is 1. The molecule has 1 saturated heterocycles. The lowest BCUT2D eigenvalue weighted by atomic mass is 10.0. The van der Waals surface area contributed by atoms with Gasteiger partial charge < -0.3 is 23.7 Å². The first-order chi connectivity index (χ1) is 19.0. The molecule has 1 amide bonds. The van der Waals surface area contributed by atoms with Crippen LogP contribution in [0.4, 0.5) is 5.69 Å². The highest BCUT2D eigenvalue weighted by Gasteiger charge is 2.36. The zero-order valence-electron chi connectivity index (χ0n) is 23.2. The predicted molar refractivity (Wildman–Crippen MR) is 154 cm³/mol.